The predicted molar refractivity (Wildman–Crippen MR) is 107 cm³/mol. The van der Waals surface area contributed by atoms with Crippen LogP contribution in [-0.2, 0) is 4.79 Å². The molecule has 25 heavy (non-hydrogen) atoms. The third-order valence-corrected chi connectivity index (χ3v) is 5.31. The lowest BCUT2D eigenvalue weighted by molar-refractivity contribution is -0.121. The second-order valence-electron chi connectivity index (χ2n) is 4.92. The minimum Gasteiger partial charge on any atom is -0.287 e. The molecule has 1 fully saturated rings. The van der Waals surface area contributed by atoms with Crippen LogP contribution in [-0.4, -0.2) is 15.2 Å². The van der Waals surface area contributed by atoms with Gasteiger partial charge in [0, 0.05) is 5.02 Å². The molecule has 1 heterocycles. The summed E-state index contributed by atoms with van der Waals surface area (Å²) in [6.45, 7) is 0. The Morgan fingerprint density at radius 1 is 1.12 bits per heavy atom. The highest BCUT2D eigenvalue weighted by Gasteiger charge is 2.33. The van der Waals surface area contributed by atoms with E-state index in [1.165, 1.54) is 29.3 Å². The monoisotopic (exact) mass is 432 g/mol. The van der Waals surface area contributed by atoms with Crippen molar-refractivity contribution in [3.05, 3.63) is 67.8 Å². The Bertz CT molecular complexity index is 880. The number of thioether (sulfide) groups is 1. The number of amides is 1. The highest BCUT2D eigenvalue weighted by Crippen LogP contribution is 2.37. The smallest absolute Gasteiger partial charge is 0.285 e. The lowest BCUT2D eigenvalue weighted by Gasteiger charge is -2.19. The Balaban J connectivity index is 1.86. The fourth-order valence-electron chi connectivity index (χ4n) is 2.04. The van der Waals surface area contributed by atoms with Crippen LogP contribution in [0, 0.1) is 5.82 Å². The first-order chi connectivity index (χ1) is 11.8. The molecule has 2 aromatic carbocycles. The molecule has 1 saturated heterocycles. The van der Waals surface area contributed by atoms with Gasteiger partial charge in [0.15, 0.2) is 4.32 Å². The average molecular weight is 434 g/mol. The van der Waals surface area contributed by atoms with Crippen molar-refractivity contribution < 1.29 is 9.18 Å². The Morgan fingerprint density at radius 2 is 1.72 bits per heavy atom. The van der Waals surface area contributed by atoms with Gasteiger partial charge < -0.3 is 0 Å². The molecule has 0 radical (unpaired) electrons. The summed E-state index contributed by atoms with van der Waals surface area (Å²) in [5.74, 6) is -0.709. The van der Waals surface area contributed by atoms with Crippen molar-refractivity contribution in [3.63, 3.8) is 0 Å². The average Bonchev–Trinajstić information content (AvgIpc) is 2.80. The topological polar surface area (TPSA) is 32.3 Å². The van der Waals surface area contributed by atoms with Gasteiger partial charge in [-0.05, 0) is 48.1 Å². The van der Waals surface area contributed by atoms with E-state index in [-0.39, 0.29) is 21.8 Å². The van der Waals surface area contributed by atoms with Crippen molar-refractivity contribution in [1.29, 1.82) is 0 Å². The molecule has 3 rings (SSSR count). The normalized spacial score (nSPS) is 16.0. The summed E-state index contributed by atoms with van der Waals surface area (Å²) in [6.07, 6.45) is 1.63. The first-order valence-corrected chi connectivity index (χ1v) is 9.16. The number of benzene rings is 2. The zero-order valence-corrected chi connectivity index (χ0v) is 16.1. The van der Waals surface area contributed by atoms with Gasteiger partial charge in [-0.15, -0.1) is 0 Å². The van der Waals surface area contributed by atoms with Crippen LogP contribution in [0.15, 0.2) is 41.3 Å². The highest BCUT2D eigenvalue weighted by molar-refractivity contribution is 8.26. The second kappa shape index (κ2) is 7.51. The predicted octanol–water partition coefficient (Wildman–Crippen LogP) is 6.01. The molecule has 128 valence electrons. The standard InChI is InChI=1S/C16H8Cl3FN2OS2/c17-9-6-11(18)14(12(19)7-9)21-22-15(23)13(25-16(22)24)5-8-1-3-10(20)4-2-8/h1-7,21H/b13-5+. The largest absolute Gasteiger partial charge is 0.287 e. The van der Waals surface area contributed by atoms with E-state index in [2.05, 4.69) is 5.43 Å². The molecular weight excluding hydrogens is 426 g/mol. The molecule has 1 N–H and O–H groups in total. The number of hydrogen-bond acceptors (Lipinski definition) is 4. The maximum atomic E-state index is 13.0. The lowest BCUT2D eigenvalue weighted by atomic mass is 10.2. The number of carbonyl (C=O) groups excluding carboxylic acids is 1. The van der Waals surface area contributed by atoms with Crippen LogP contribution in [0.1, 0.15) is 5.56 Å². The van der Waals surface area contributed by atoms with Crippen LogP contribution >= 0.6 is 58.8 Å². The number of hydrogen-bond donors (Lipinski definition) is 1. The van der Waals surface area contributed by atoms with E-state index in [4.69, 9.17) is 47.0 Å². The Labute approximate surface area is 167 Å². The van der Waals surface area contributed by atoms with E-state index in [0.29, 0.717) is 25.5 Å². The number of carbonyl (C=O) groups is 1. The summed E-state index contributed by atoms with van der Waals surface area (Å²) in [7, 11) is 0. The Hall–Kier alpha value is -1.31. The van der Waals surface area contributed by atoms with Crippen molar-refractivity contribution in [2.45, 2.75) is 0 Å². The minimum absolute atomic E-state index is 0.258. The maximum Gasteiger partial charge on any atom is 0.285 e. The van der Waals surface area contributed by atoms with Crippen LogP contribution in [0.5, 0.6) is 0 Å². The van der Waals surface area contributed by atoms with Gasteiger partial charge in [-0.1, -0.05) is 58.7 Å². The Kier molecular flexibility index (Phi) is 5.55. The van der Waals surface area contributed by atoms with Gasteiger partial charge in [-0.25, -0.2) is 9.40 Å². The molecule has 0 aromatic heterocycles. The molecule has 0 aliphatic carbocycles. The number of hydrazine groups is 1. The number of nitrogens with one attached hydrogen (secondary N) is 1. The second-order valence-corrected chi connectivity index (χ2v) is 7.85. The van der Waals surface area contributed by atoms with Crippen molar-refractivity contribution in [2.24, 2.45) is 0 Å². The van der Waals surface area contributed by atoms with Gasteiger partial charge in [0.05, 0.1) is 20.6 Å². The van der Waals surface area contributed by atoms with Crippen molar-refractivity contribution in [3.8, 4) is 0 Å². The van der Waals surface area contributed by atoms with E-state index in [1.54, 1.807) is 18.2 Å². The number of thiocarbonyl (C=S) groups is 1. The molecule has 0 spiro atoms. The highest BCUT2D eigenvalue weighted by atomic mass is 35.5. The summed E-state index contributed by atoms with van der Waals surface area (Å²) >= 11 is 24.5. The van der Waals surface area contributed by atoms with E-state index in [9.17, 15) is 9.18 Å². The van der Waals surface area contributed by atoms with Crippen LogP contribution in [0.3, 0.4) is 0 Å². The van der Waals surface area contributed by atoms with Crippen LogP contribution in [0.2, 0.25) is 15.1 Å². The van der Waals surface area contributed by atoms with Crippen LogP contribution in [0.25, 0.3) is 6.08 Å². The fourth-order valence-corrected chi connectivity index (χ4v) is 4.12. The number of nitrogens with zero attached hydrogens (tertiary/aromatic N) is 1. The third kappa shape index (κ3) is 4.10. The SMILES string of the molecule is O=C1/C(=C\c2ccc(F)cc2)SC(=S)N1Nc1c(Cl)cc(Cl)cc1Cl. The van der Waals surface area contributed by atoms with Gasteiger partial charge >= 0.3 is 0 Å². The van der Waals surface area contributed by atoms with Gasteiger partial charge in [0.2, 0.25) is 0 Å². The summed E-state index contributed by atoms with van der Waals surface area (Å²) in [5.41, 5.74) is 3.84. The Morgan fingerprint density at radius 3 is 2.32 bits per heavy atom. The van der Waals surface area contributed by atoms with Crippen LogP contribution in [0.4, 0.5) is 10.1 Å². The fraction of sp³-hybridized carbons (Fsp3) is 0. The molecular formula is C16H8Cl3FN2OS2. The van der Waals surface area contributed by atoms with E-state index in [0.717, 1.165) is 11.8 Å². The number of halogens is 4. The minimum atomic E-state index is -0.360. The lowest BCUT2D eigenvalue weighted by Crippen LogP contribution is -2.34. The molecule has 3 nitrogen and oxygen atoms in total. The summed E-state index contributed by atoms with van der Waals surface area (Å²) in [5, 5.41) is 2.07. The van der Waals surface area contributed by atoms with E-state index < -0.39 is 0 Å². The van der Waals surface area contributed by atoms with Crippen molar-refractivity contribution in [1.82, 2.24) is 5.01 Å². The molecule has 1 amide bonds. The molecule has 1 aliphatic rings. The zero-order valence-electron chi connectivity index (χ0n) is 12.2. The summed E-state index contributed by atoms with van der Waals surface area (Å²) in [4.78, 5) is 13.0. The number of anilines is 1. The van der Waals surface area contributed by atoms with E-state index in [1.807, 2.05) is 0 Å². The van der Waals surface area contributed by atoms with E-state index >= 15 is 0 Å². The maximum absolute atomic E-state index is 13.0. The van der Waals surface area contributed by atoms with Gasteiger partial charge in [-0.3, -0.25) is 10.2 Å². The number of rotatable bonds is 3. The van der Waals surface area contributed by atoms with Gasteiger partial charge in [-0.2, -0.15) is 0 Å². The van der Waals surface area contributed by atoms with Crippen molar-refractivity contribution in [2.75, 3.05) is 5.43 Å². The summed E-state index contributed by atoms with van der Waals surface area (Å²) in [6, 6.07) is 8.79. The first kappa shape index (κ1) is 18.5. The molecule has 0 saturated carbocycles. The van der Waals surface area contributed by atoms with Gasteiger partial charge in [0.25, 0.3) is 5.91 Å². The molecule has 1 aliphatic heterocycles. The molecule has 0 atom stereocenters. The third-order valence-electron chi connectivity index (χ3n) is 3.19. The first-order valence-electron chi connectivity index (χ1n) is 6.80. The zero-order chi connectivity index (χ0) is 18.1. The van der Waals surface area contributed by atoms with Crippen LogP contribution < -0.4 is 5.43 Å². The summed E-state index contributed by atoms with van der Waals surface area (Å²) < 4.78 is 13.3. The molecule has 0 bridgehead atoms. The quantitative estimate of drug-likeness (QED) is 0.474. The molecule has 9 heteroatoms. The molecule has 2 aromatic rings. The van der Waals surface area contributed by atoms with Crippen molar-refractivity contribution >= 4 is 80.8 Å². The molecule has 0 unspecified atom stereocenters. The van der Waals surface area contributed by atoms with Gasteiger partial charge in [0.1, 0.15) is 5.82 Å².